The smallest absolute Gasteiger partial charge is 0.239 e. The van der Waals surface area contributed by atoms with E-state index in [2.05, 4.69) is 5.32 Å². The molecule has 0 aromatic heterocycles. The van der Waals surface area contributed by atoms with Crippen molar-refractivity contribution >= 4 is 11.8 Å². The van der Waals surface area contributed by atoms with Crippen molar-refractivity contribution in [2.24, 2.45) is 5.73 Å². The number of carbonyl (C=O) groups excluding carboxylic acids is 2. The molecular formula is C14H21N3O2. The molecule has 1 rings (SSSR count). The highest BCUT2D eigenvalue weighted by Gasteiger charge is 2.19. The third kappa shape index (κ3) is 5.09. The van der Waals surface area contributed by atoms with E-state index in [0.29, 0.717) is 6.42 Å². The normalized spacial score (nSPS) is 11.7. The fraction of sp³-hybridized carbons (Fsp3) is 0.429. The van der Waals surface area contributed by atoms with Gasteiger partial charge in [-0.25, -0.2) is 0 Å². The van der Waals surface area contributed by atoms with Crippen molar-refractivity contribution in [1.29, 1.82) is 0 Å². The van der Waals surface area contributed by atoms with Crippen molar-refractivity contribution in [1.82, 2.24) is 10.2 Å². The highest BCUT2D eigenvalue weighted by molar-refractivity contribution is 5.87. The average Bonchev–Trinajstić information content (AvgIpc) is 2.44. The molecule has 0 spiro atoms. The van der Waals surface area contributed by atoms with Crippen LogP contribution in [0.2, 0.25) is 0 Å². The summed E-state index contributed by atoms with van der Waals surface area (Å²) in [5.41, 5.74) is 7.01. The summed E-state index contributed by atoms with van der Waals surface area (Å²) in [5, 5.41) is 2.47. The average molecular weight is 263 g/mol. The molecule has 0 radical (unpaired) electrons. The minimum absolute atomic E-state index is 0.0361. The second-order valence-corrected chi connectivity index (χ2v) is 4.50. The first kappa shape index (κ1) is 15.2. The van der Waals surface area contributed by atoms with E-state index in [1.54, 1.807) is 7.05 Å². The fourth-order valence-electron chi connectivity index (χ4n) is 1.75. The Morgan fingerprint density at radius 1 is 1.32 bits per heavy atom. The molecule has 5 nitrogen and oxygen atoms in total. The van der Waals surface area contributed by atoms with Crippen LogP contribution in [0.15, 0.2) is 30.3 Å². The first-order valence-electron chi connectivity index (χ1n) is 6.29. The van der Waals surface area contributed by atoms with E-state index in [1.807, 2.05) is 30.3 Å². The number of nitrogens with two attached hydrogens (primary N) is 1. The molecule has 0 heterocycles. The van der Waals surface area contributed by atoms with Crippen LogP contribution in [0.5, 0.6) is 0 Å². The molecule has 104 valence electrons. The van der Waals surface area contributed by atoms with E-state index in [0.717, 1.165) is 12.0 Å². The van der Waals surface area contributed by atoms with E-state index in [9.17, 15) is 9.59 Å². The second-order valence-electron chi connectivity index (χ2n) is 4.50. The van der Waals surface area contributed by atoms with Gasteiger partial charge < -0.3 is 16.0 Å². The maximum Gasteiger partial charge on any atom is 0.239 e. The second kappa shape index (κ2) is 7.53. The number of hydrogen-bond donors (Lipinski definition) is 2. The van der Waals surface area contributed by atoms with Crippen LogP contribution in [-0.2, 0) is 16.0 Å². The van der Waals surface area contributed by atoms with Gasteiger partial charge in [0.2, 0.25) is 11.8 Å². The lowest BCUT2D eigenvalue weighted by atomic mass is 10.1. The van der Waals surface area contributed by atoms with Gasteiger partial charge in [0, 0.05) is 14.1 Å². The summed E-state index contributed by atoms with van der Waals surface area (Å²) >= 11 is 0. The van der Waals surface area contributed by atoms with Crippen LogP contribution < -0.4 is 11.1 Å². The van der Waals surface area contributed by atoms with Gasteiger partial charge in [-0.15, -0.1) is 0 Å². The number of nitrogens with one attached hydrogen (secondary N) is 1. The predicted octanol–water partition coefficient (Wildman–Crippen LogP) is 0.151. The Morgan fingerprint density at radius 2 is 1.95 bits per heavy atom. The zero-order chi connectivity index (χ0) is 14.3. The first-order valence-corrected chi connectivity index (χ1v) is 6.29. The first-order chi connectivity index (χ1) is 9.04. The molecule has 0 saturated heterocycles. The summed E-state index contributed by atoms with van der Waals surface area (Å²) in [6.45, 7) is 0.0361. The molecule has 2 amide bonds. The maximum absolute atomic E-state index is 11.9. The Bertz CT molecular complexity index is 420. The lowest BCUT2D eigenvalue weighted by Gasteiger charge is -2.20. The Morgan fingerprint density at radius 3 is 2.53 bits per heavy atom. The number of likely N-dealkylation sites (N-methyl/N-ethyl adjacent to an activating group) is 2. The minimum atomic E-state index is -0.574. The number of rotatable bonds is 6. The van der Waals surface area contributed by atoms with Crippen LogP contribution in [0.3, 0.4) is 0 Å². The van der Waals surface area contributed by atoms with Gasteiger partial charge >= 0.3 is 0 Å². The lowest BCUT2D eigenvalue weighted by Crippen LogP contribution is -2.45. The Kier molecular flexibility index (Phi) is 6.02. The van der Waals surface area contributed by atoms with Crippen LogP contribution >= 0.6 is 0 Å². The van der Waals surface area contributed by atoms with Crippen molar-refractivity contribution in [3.63, 3.8) is 0 Å². The van der Waals surface area contributed by atoms with E-state index < -0.39 is 6.04 Å². The molecule has 1 atom stereocenters. The van der Waals surface area contributed by atoms with E-state index in [-0.39, 0.29) is 18.4 Å². The summed E-state index contributed by atoms with van der Waals surface area (Å²) in [5.74, 6) is -0.411. The Hall–Kier alpha value is -1.88. The van der Waals surface area contributed by atoms with Gasteiger partial charge in [0.1, 0.15) is 0 Å². The molecule has 0 bridgehead atoms. The van der Waals surface area contributed by atoms with Crippen molar-refractivity contribution in [3.8, 4) is 0 Å². The number of benzene rings is 1. The summed E-state index contributed by atoms with van der Waals surface area (Å²) in [4.78, 5) is 24.5. The van der Waals surface area contributed by atoms with Gasteiger partial charge in [0.25, 0.3) is 0 Å². The molecule has 0 aliphatic heterocycles. The molecule has 0 saturated carbocycles. The molecule has 1 aromatic rings. The molecule has 19 heavy (non-hydrogen) atoms. The summed E-state index contributed by atoms with van der Waals surface area (Å²) in [6, 6.07) is 9.30. The molecule has 0 unspecified atom stereocenters. The molecule has 3 N–H and O–H groups in total. The Balaban J connectivity index is 2.42. The lowest BCUT2D eigenvalue weighted by molar-refractivity contribution is -0.135. The number of hydrogen-bond acceptors (Lipinski definition) is 3. The summed E-state index contributed by atoms with van der Waals surface area (Å²) in [6.07, 6.45) is 1.32. The van der Waals surface area contributed by atoms with Gasteiger partial charge in [-0.1, -0.05) is 30.3 Å². The molecule has 5 heteroatoms. The van der Waals surface area contributed by atoms with Crippen molar-refractivity contribution in [2.45, 2.75) is 18.9 Å². The summed E-state index contributed by atoms with van der Waals surface area (Å²) < 4.78 is 0. The number of amides is 2. The van der Waals surface area contributed by atoms with Gasteiger partial charge in [0.05, 0.1) is 12.6 Å². The standard InChI is InChI=1S/C14H21N3O2/c1-16-13(18)10-17(2)14(19)12(15)9-8-11-6-4-3-5-7-11/h3-7,12H,8-10,15H2,1-2H3,(H,16,18)/t12-/m0/s1. The highest BCUT2D eigenvalue weighted by atomic mass is 16.2. The molecule has 0 fully saturated rings. The molecule has 1 aromatic carbocycles. The number of nitrogens with zero attached hydrogens (tertiary/aromatic N) is 1. The zero-order valence-electron chi connectivity index (χ0n) is 11.4. The maximum atomic E-state index is 11.9. The third-order valence-electron chi connectivity index (χ3n) is 2.94. The highest BCUT2D eigenvalue weighted by Crippen LogP contribution is 2.05. The van der Waals surface area contributed by atoms with Crippen molar-refractivity contribution in [3.05, 3.63) is 35.9 Å². The van der Waals surface area contributed by atoms with Gasteiger partial charge in [-0.05, 0) is 18.4 Å². The summed E-state index contributed by atoms with van der Waals surface area (Å²) in [7, 11) is 3.12. The SMILES string of the molecule is CNC(=O)CN(C)C(=O)[C@@H](N)CCc1ccccc1. The van der Waals surface area contributed by atoms with Gasteiger partial charge in [-0.2, -0.15) is 0 Å². The topological polar surface area (TPSA) is 75.4 Å². The predicted molar refractivity (Wildman–Crippen MR) is 74.4 cm³/mol. The van der Waals surface area contributed by atoms with Gasteiger partial charge in [0.15, 0.2) is 0 Å². The zero-order valence-corrected chi connectivity index (χ0v) is 11.4. The van der Waals surface area contributed by atoms with Crippen LogP contribution in [-0.4, -0.2) is 43.4 Å². The van der Waals surface area contributed by atoms with Crippen molar-refractivity contribution in [2.75, 3.05) is 20.6 Å². The number of carbonyl (C=O) groups is 2. The van der Waals surface area contributed by atoms with E-state index in [4.69, 9.17) is 5.73 Å². The molecular weight excluding hydrogens is 242 g/mol. The van der Waals surface area contributed by atoms with Gasteiger partial charge in [-0.3, -0.25) is 9.59 Å². The fourth-order valence-corrected chi connectivity index (χ4v) is 1.75. The van der Waals surface area contributed by atoms with Crippen molar-refractivity contribution < 1.29 is 9.59 Å². The minimum Gasteiger partial charge on any atom is -0.358 e. The number of aryl methyl sites for hydroxylation is 1. The Labute approximate surface area is 113 Å². The van der Waals surface area contributed by atoms with Crippen LogP contribution in [0.1, 0.15) is 12.0 Å². The quantitative estimate of drug-likeness (QED) is 0.767. The largest absolute Gasteiger partial charge is 0.358 e. The molecule has 0 aliphatic rings. The monoisotopic (exact) mass is 263 g/mol. The van der Waals surface area contributed by atoms with E-state index in [1.165, 1.54) is 11.9 Å². The van der Waals surface area contributed by atoms with Crippen LogP contribution in [0.4, 0.5) is 0 Å². The van der Waals surface area contributed by atoms with E-state index >= 15 is 0 Å². The van der Waals surface area contributed by atoms with Crippen LogP contribution in [0.25, 0.3) is 0 Å². The third-order valence-corrected chi connectivity index (χ3v) is 2.94. The van der Waals surface area contributed by atoms with Crippen LogP contribution in [0, 0.1) is 0 Å². The molecule has 0 aliphatic carbocycles.